The third-order valence-electron chi connectivity index (χ3n) is 5.66. The molecule has 1 aromatic carbocycles. The van der Waals surface area contributed by atoms with Crippen molar-refractivity contribution in [2.24, 2.45) is 11.7 Å². The SMILES string of the molecule is CCOc1ccc(-n2nnc(-c3nc(C)c(C(=O)N4CCC(C(N)=O)CC4)s3)c2C)cc1. The number of hydrogen-bond donors (Lipinski definition) is 1. The summed E-state index contributed by atoms with van der Waals surface area (Å²) in [6, 6.07) is 7.64. The first-order valence-electron chi connectivity index (χ1n) is 10.6. The zero-order valence-electron chi connectivity index (χ0n) is 18.4. The molecule has 0 unspecified atom stereocenters. The number of carbonyl (C=O) groups is 2. The number of carbonyl (C=O) groups excluding carboxylic acids is 2. The molecular formula is C22H26N6O3S. The van der Waals surface area contributed by atoms with Gasteiger partial charge in [-0.05, 0) is 57.9 Å². The highest BCUT2D eigenvalue weighted by molar-refractivity contribution is 7.17. The molecule has 0 spiro atoms. The van der Waals surface area contributed by atoms with E-state index in [1.165, 1.54) is 11.3 Å². The van der Waals surface area contributed by atoms with E-state index in [1.54, 1.807) is 9.58 Å². The highest BCUT2D eigenvalue weighted by atomic mass is 32.1. The molecular weight excluding hydrogens is 428 g/mol. The molecule has 1 fully saturated rings. The second-order valence-electron chi connectivity index (χ2n) is 7.76. The fourth-order valence-electron chi connectivity index (χ4n) is 3.83. The molecule has 0 bridgehead atoms. The quantitative estimate of drug-likeness (QED) is 0.612. The number of nitrogens with two attached hydrogens (primary N) is 1. The number of aromatic nitrogens is 4. The Morgan fingerprint density at radius 3 is 2.50 bits per heavy atom. The van der Waals surface area contributed by atoms with Gasteiger partial charge in [0.05, 0.1) is 23.7 Å². The lowest BCUT2D eigenvalue weighted by Gasteiger charge is -2.30. The molecule has 1 aliphatic heterocycles. The Morgan fingerprint density at radius 2 is 1.88 bits per heavy atom. The lowest BCUT2D eigenvalue weighted by molar-refractivity contribution is -0.123. The third-order valence-corrected chi connectivity index (χ3v) is 6.82. The Labute approximate surface area is 190 Å². The monoisotopic (exact) mass is 454 g/mol. The number of ether oxygens (including phenoxy) is 1. The molecule has 3 heterocycles. The van der Waals surface area contributed by atoms with Crippen molar-refractivity contribution < 1.29 is 14.3 Å². The van der Waals surface area contributed by atoms with Gasteiger partial charge in [0.15, 0.2) is 0 Å². The molecule has 1 saturated heterocycles. The third kappa shape index (κ3) is 4.22. The van der Waals surface area contributed by atoms with E-state index in [1.807, 2.05) is 45.0 Å². The highest BCUT2D eigenvalue weighted by Gasteiger charge is 2.29. The van der Waals surface area contributed by atoms with Gasteiger partial charge in [-0.2, -0.15) is 0 Å². The maximum absolute atomic E-state index is 13.1. The van der Waals surface area contributed by atoms with Gasteiger partial charge in [0.25, 0.3) is 5.91 Å². The molecule has 0 saturated carbocycles. The Balaban J connectivity index is 1.54. The summed E-state index contributed by atoms with van der Waals surface area (Å²) in [4.78, 5) is 31.4. The van der Waals surface area contributed by atoms with E-state index >= 15 is 0 Å². The number of nitrogens with zero attached hydrogens (tertiary/aromatic N) is 5. The van der Waals surface area contributed by atoms with Gasteiger partial charge in [0.1, 0.15) is 21.3 Å². The van der Waals surface area contributed by atoms with Crippen LogP contribution in [0.3, 0.4) is 0 Å². The second kappa shape index (κ2) is 9.07. The van der Waals surface area contributed by atoms with Crippen LogP contribution in [0.1, 0.15) is 40.8 Å². The van der Waals surface area contributed by atoms with Crippen LogP contribution in [0.15, 0.2) is 24.3 Å². The van der Waals surface area contributed by atoms with Crippen molar-refractivity contribution >= 4 is 23.2 Å². The lowest BCUT2D eigenvalue weighted by atomic mass is 9.96. The number of aryl methyl sites for hydroxylation is 1. The number of amides is 2. The Bertz CT molecular complexity index is 1130. The van der Waals surface area contributed by atoms with Gasteiger partial charge in [0, 0.05) is 19.0 Å². The number of rotatable bonds is 6. The van der Waals surface area contributed by atoms with Crippen molar-refractivity contribution in [1.29, 1.82) is 0 Å². The van der Waals surface area contributed by atoms with Crippen molar-refractivity contribution in [3.8, 4) is 22.1 Å². The van der Waals surface area contributed by atoms with E-state index in [2.05, 4.69) is 15.3 Å². The summed E-state index contributed by atoms with van der Waals surface area (Å²) in [6.45, 7) is 7.35. The van der Waals surface area contributed by atoms with Crippen molar-refractivity contribution in [2.45, 2.75) is 33.6 Å². The van der Waals surface area contributed by atoms with Gasteiger partial charge in [-0.1, -0.05) is 5.21 Å². The van der Waals surface area contributed by atoms with Crippen LogP contribution < -0.4 is 10.5 Å². The van der Waals surface area contributed by atoms with Crippen molar-refractivity contribution in [3.05, 3.63) is 40.5 Å². The van der Waals surface area contributed by atoms with Crippen LogP contribution in [-0.2, 0) is 4.79 Å². The molecule has 9 nitrogen and oxygen atoms in total. The topological polar surface area (TPSA) is 116 Å². The minimum Gasteiger partial charge on any atom is -0.494 e. The van der Waals surface area contributed by atoms with E-state index in [9.17, 15) is 9.59 Å². The zero-order chi connectivity index (χ0) is 22.8. The molecule has 0 radical (unpaired) electrons. The summed E-state index contributed by atoms with van der Waals surface area (Å²) in [5, 5.41) is 9.28. The second-order valence-corrected chi connectivity index (χ2v) is 8.76. The van der Waals surface area contributed by atoms with E-state index in [4.69, 9.17) is 10.5 Å². The number of benzene rings is 1. The largest absolute Gasteiger partial charge is 0.494 e. The first kappa shape index (κ1) is 21.9. The van der Waals surface area contributed by atoms with Crippen LogP contribution in [0, 0.1) is 19.8 Å². The van der Waals surface area contributed by atoms with Crippen LogP contribution in [0.5, 0.6) is 5.75 Å². The number of primary amides is 1. The summed E-state index contributed by atoms with van der Waals surface area (Å²) in [7, 11) is 0. The highest BCUT2D eigenvalue weighted by Crippen LogP contribution is 2.31. The molecule has 4 rings (SSSR count). The molecule has 2 N–H and O–H groups in total. The molecule has 168 valence electrons. The molecule has 1 aliphatic rings. The molecule has 10 heteroatoms. The van der Waals surface area contributed by atoms with E-state index < -0.39 is 0 Å². The summed E-state index contributed by atoms with van der Waals surface area (Å²) >= 11 is 1.32. The Kier molecular flexibility index (Phi) is 6.22. The standard InChI is InChI=1S/C22H26N6O3S/c1-4-31-17-7-5-16(6-8-17)28-14(3)18(25-26-28)21-24-13(2)19(32-21)22(30)27-11-9-15(10-12-27)20(23)29/h5-8,15H,4,9-12H2,1-3H3,(H2,23,29). The molecule has 2 aromatic heterocycles. The summed E-state index contributed by atoms with van der Waals surface area (Å²) < 4.78 is 7.24. The molecule has 3 aromatic rings. The van der Waals surface area contributed by atoms with E-state index in [-0.39, 0.29) is 17.7 Å². The summed E-state index contributed by atoms with van der Waals surface area (Å²) in [6.07, 6.45) is 1.20. The first-order chi connectivity index (χ1) is 15.4. The van der Waals surface area contributed by atoms with Gasteiger partial charge in [-0.3, -0.25) is 9.59 Å². The smallest absolute Gasteiger partial charge is 0.265 e. The van der Waals surface area contributed by atoms with Crippen molar-refractivity contribution in [1.82, 2.24) is 24.9 Å². The average Bonchev–Trinajstić information content (AvgIpc) is 3.36. The normalized spacial score (nSPS) is 14.5. The van der Waals surface area contributed by atoms with Crippen molar-refractivity contribution in [3.63, 3.8) is 0 Å². The number of piperidine rings is 1. The zero-order valence-corrected chi connectivity index (χ0v) is 19.2. The van der Waals surface area contributed by atoms with Gasteiger partial charge in [-0.25, -0.2) is 9.67 Å². The van der Waals surface area contributed by atoms with E-state index in [0.717, 1.165) is 17.1 Å². The maximum atomic E-state index is 13.1. The fraction of sp³-hybridized carbons (Fsp3) is 0.409. The van der Waals surface area contributed by atoms with Gasteiger partial charge >= 0.3 is 0 Å². The van der Waals surface area contributed by atoms with Crippen LogP contribution in [0.25, 0.3) is 16.4 Å². The van der Waals surface area contributed by atoms with Gasteiger partial charge < -0.3 is 15.4 Å². The average molecular weight is 455 g/mol. The Morgan fingerprint density at radius 1 is 1.19 bits per heavy atom. The van der Waals surface area contributed by atoms with Crippen LogP contribution >= 0.6 is 11.3 Å². The minimum absolute atomic E-state index is 0.0641. The Hall–Kier alpha value is -3.27. The molecule has 0 aliphatic carbocycles. The van der Waals surface area contributed by atoms with Crippen LogP contribution in [0.4, 0.5) is 0 Å². The number of likely N-dealkylation sites (tertiary alicyclic amines) is 1. The molecule has 0 atom stereocenters. The predicted molar refractivity (Wildman–Crippen MR) is 121 cm³/mol. The molecule has 32 heavy (non-hydrogen) atoms. The first-order valence-corrected chi connectivity index (χ1v) is 11.4. The van der Waals surface area contributed by atoms with Crippen molar-refractivity contribution in [2.75, 3.05) is 19.7 Å². The maximum Gasteiger partial charge on any atom is 0.265 e. The lowest BCUT2D eigenvalue weighted by Crippen LogP contribution is -2.41. The fourth-order valence-corrected chi connectivity index (χ4v) is 4.90. The molecule has 2 amide bonds. The van der Waals surface area contributed by atoms with Crippen LogP contribution in [0.2, 0.25) is 0 Å². The van der Waals surface area contributed by atoms with E-state index in [0.29, 0.717) is 53.8 Å². The van der Waals surface area contributed by atoms with Gasteiger partial charge in [0.2, 0.25) is 5.91 Å². The minimum atomic E-state index is -0.292. The van der Waals surface area contributed by atoms with Crippen LogP contribution in [-0.4, -0.2) is 56.4 Å². The summed E-state index contributed by atoms with van der Waals surface area (Å²) in [5.41, 5.74) is 8.42. The number of hydrogen-bond acceptors (Lipinski definition) is 7. The predicted octanol–water partition coefficient (Wildman–Crippen LogP) is 2.74. The van der Waals surface area contributed by atoms with Gasteiger partial charge in [-0.15, -0.1) is 16.4 Å². The summed E-state index contributed by atoms with van der Waals surface area (Å²) in [5.74, 6) is 0.287. The number of thiazole rings is 1.